The molecule has 0 bridgehead atoms. The van der Waals surface area contributed by atoms with Gasteiger partial charge in [0.1, 0.15) is 0 Å². The van der Waals surface area contributed by atoms with Crippen molar-refractivity contribution in [2.45, 2.75) is 57.4 Å². The maximum atomic E-state index is 12.5. The molecule has 5 heteroatoms. The zero-order valence-electron chi connectivity index (χ0n) is 16.5. The molecule has 1 heterocycles. The molecular weight excluding hydrogens is 338 g/mol. The zero-order valence-corrected chi connectivity index (χ0v) is 16.5. The van der Waals surface area contributed by atoms with Gasteiger partial charge in [-0.3, -0.25) is 9.59 Å². The second-order valence-electron chi connectivity index (χ2n) is 8.54. The van der Waals surface area contributed by atoms with Crippen LogP contribution in [0.5, 0.6) is 0 Å². The molecule has 1 aromatic carbocycles. The molecule has 1 aliphatic carbocycles. The van der Waals surface area contributed by atoms with Crippen molar-refractivity contribution in [3.8, 4) is 0 Å². The van der Waals surface area contributed by atoms with Crippen molar-refractivity contribution in [1.29, 1.82) is 0 Å². The first-order valence-electron chi connectivity index (χ1n) is 10.3. The number of nitrogens with one attached hydrogen (secondary N) is 1. The van der Waals surface area contributed by atoms with Crippen molar-refractivity contribution in [2.75, 3.05) is 19.6 Å². The summed E-state index contributed by atoms with van der Waals surface area (Å²) in [6.45, 7) is 3.61. The maximum absolute atomic E-state index is 12.5. The van der Waals surface area contributed by atoms with Crippen molar-refractivity contribution in [3.05, 3.63) is 35.9 Å². The highest BCUT2D eigenvalue weighted by Crippen LogP contribution is 2.31. The van der Waals surface area contributed by atoms with Crippen LogP contribution >= 0.6 is 0 Å². The van der Waals surface area contributed by atoms with Gasteiger partial charge in [0.05, 0.1) is 12.5 Å². The van der Waals surface area contributed by atoms with Crippen molar-refractivity contribution in [2.24, 2.45) is 17.6 Å². The summed E-state index contributed by atoms with van der Waals surface area (Å²) >= 11 is 0. The third-order valence-corrected chi connectivity index (χ3v) is 6.32. The van der Waals surface area contributed by atoms with Crippen LogP contribution in [-0.4, -0.2) is 41.9 Å². The number of hydrogen-bond acceptors (Lipinski definition) is 3. The molecule has 3 N–H and O–H groups in total. The normalized spacial score (nSPS) is 26.6. The molecule has 2 fully saturated rings. The van der Waals surface area contributed by atoms with Crippen LogP contribution < -0.4 is 11.1 Å². The minimum Gasteiger partial charge on any atom is -0.347 e. The van der Waals surface area contributed by atoms with Gasteiger partial charge in [0, 0.05) is 18.6 Å². The number of carbonyl (C=O) groups excluding carboxylic acids is 2. The number of piperidine rings is 1. The summed E-state index contributed by atoms with van der Waals surface area (Å²) in [6, 6.07) is 10.5. The molecule has 148 valence electrons. The van der Waals surface area contributed by atoms with Crippen LogP contribution in [0.25, 0.3) is 0 Å². The Balaban J connectivity index is 1.41. The Bertz CT molecular complexity index is 636. The van der Waals surface area contributed by atoms with Crippen LogP contribution in [0.15, 0.2) is 30.3 Å². The number of likely N-dealkylation sites (tertiary alicyclic amines) is 1. The number of nitrogens with two attached hydrogens (primary N) is 1. The van der Waals surface area contributed by atoms with Crippen LogP contribution in [-0.2, 0) is 16.0 Å². The summed E-state index contributed by atoms with van der Waals surface area (Å²) in [6.07, 6.45) is 6.93. The smallest absolute Gasteiger partial charge is 0.241 e. The monoisotopic (exact) mass is 371 g/mol. The highest BCUT2D eigenvalue weighted by Gasteiger charge is 2.37. The first-order valence-corrected chi connectivity index (χ1v) is 10.3. The predicted molar refractivity (Wildman–Crippen MR) is 107 cm³/mol. The quantitative estimate of drug-likeness (QED) is 0.835. The number of amides is 2. The van der Waals surface area contributed by atoms with E-state index in [4.69, 9.17) is 5.73 Å². The highest BCUT2D eigenvalue weighted by atomic mass is 16.2. The number of rotatable bonds is 5. The van der Waals surface area contributed by atoms with Crippen molar-refractivity contribution in [1.82, 2.24) is 10.2 Å². The Morgan fingerprint density at radius 3 is 2.52 bits per heavy atom. The number of carbonyl (C=O) groups is 2. The molecule has 2 atom stereocenters. The van der Waals surface area contributed by atoms with E-state index < -0.39 is 5.54 Å². The van der Waals surface area contributed by atoms with E-state index in [2.05, 4.69) is 29.6 Å². The molecule has 2 aliphatic rings. The largest absolute Gasteiger partial charge is 0.347 e. The van der Waals surface area contributed by atoms with E-state index in [1.165, 1.54) is 5.56 Å². The maximum Gasteiger partial charge on any atom is 0.241 e. The minimum absolute atomic E-state index is 0.0241. The first kappa shape index (κ1) is 19.9. The van der Waals surface area contributed by atoms with Gasteiger partial charge in [0.25, 0.3) is 0 Å². The summed E-state index contributed by atoms with van der Waals surface area (Å²) in [4.78, 5) is 26.9. The Hall–Kier alpha value is -1.88. The van der Waals surface area contributed by atoms with E-state index in [-0.39, 0.29) is 24.3 Å². The van der Waals surface area contributed by atoms with Crippen LogP contribution in [0.2, 0.25) is 0 Å². The fraction of sp³-hybridized carbons (Fsp3) is 0.636. The molecule has 0 spiro atoms. The average Bonchev–Trinajstić information content (AvgIpc) is 2.67. The van der Waals surface area contributed by atoms with Crippen LogP contribution in [0.4, 0.5) is 0 Å². The molecule has 1 saturated carbocycles. The Morgan fingerprint density at radius 1 is 1.15 bits per heavy atom. The fourth-order valence-corrected chi connectivity index (χ4v) is 4.52. The summed E-state index contributed by atoms with van der Waals surface area (Å²) in [7, 11) is 0. The lowest BCUT2D eigenvalue weighted by molar-refractivity contribution is -0.136. The molecule has 1 saturated heterocycles. The third-order valence-electron chi connectivity index (χ3n) is 6.32. The molecular formula is C22H33N3O2. The van der Waals surface area contributed by atoms with E-state index >= 15 is 0 Å². The predicted octanol–water partition coefficient (Wildman–Crippen LogP) is 2.49. The Labute approximate surface area is 162 Å². The lowest BCUT2D eigenvalue weighted by Gasteiger charge is -2.37. The summed E-state index contributed by atoms with van der Waals surface area (Å²) in [5.74, 6) is 0.407. The second-order valence-corrected chi connectivity index (χ2v) is 8.54. The average molecular weight is 372 g/mol. The number of nitrogens with zero attached hydrogens (tertiary/aromatic N) is 1. The topological polar surface area (TPSA) is 75.4 Å². The zero-order chi connectivity index (χ0) is 19.3. The molecule has 2 unspecified atom stereocenters. The van der Waals surface area contributed by atoms with Gasteiger partial charge in [0.2, 0.25) is 11.8 Å². The molecule has 0 radical (unpaired) electrons. The van der Waals surface area contributed by atoms with Crippen LogP contribution in [0.3, 0.4) is 0 Å². The summed E-state index contributed by atoms with van der Waals surface area (Å²) in [5.41, 5.74) is 7.20. The van der Waals surface area contributed by atoms with E-state index in [1.807, 2.05) is 17.9 Å². The van der Waals surface area contributed by atoms with E-state index in [1.54, 1.807) is 0 Å². The molecule has 0 aromatic heterocycles. The van der Waals surface area contributed by atoms with Crippen LogP contribution in [0, 0.1) is 11.8 Å². The van der Waals surface area contributed by atoms with E-state index in [0.717, 1.165) is 58.0 Å². The van der Waals surface area contributed by atoms with Gasteiger partial charge in [0.15, 0.2) is 0 Å². The Morgan fingerprint density at radius 2 is 1.85 bits per heavy atom. The Kier molecular flexibility index (Phi) is 6.53. The van der Waals surface area contributed by atoms with Crippen molar-refractivity contribution in [3.63, 3.8) is 0 Å². The van der Waals surface area contributed by atoms with Gasteiger partial charge in [-0.05, 0) is 50.5 Å². The van der Waals surface area contributed by atoms with E-state index in [0.29, 0.717) is 5.92 Å². The van der Waals surface area contributed by atoms with E-state index in [9.17, 15) is 9.59 Å². The fourth-order valence-electron chi connectivity index (χ4n) is 4.52. The lowest BCUT2D eigenvalue weighted by atomic mass is 9.74. The molecule has 27 heavy (non-hydrogen) atoms. The van der Waals surface area contributed by atoms with Gasteiger partial charge in [-0.2, -0.15) is 0 Å². The SMILES string of the molecule is CC1(N)CCCCC1C(=O)NCC(=O)N1CCC(Cc2ccccc2)CC1. The number of hydrogen-bond donors (Lipinski definition) is 2. The van der Waals surface area contributed by atoms with Crippen molar-refractivity contribution >= 4 is 11.8 Å². The third kappa shape index (κ3) is 5.32. The molecule has 5 nitrogen and oxygen atoms in total. The number of benzene rings is 1. The van der Waals surface area contributed by atoms with Gasteiger partial charge in [-0.25, -0.2) is 0 Å². The van der Waals surface area contributed by atoms with Crippen molar-refractivity contribution < 1.29 is 9.59 Å². The van der Waals surface area contributed by atoms with Crippen LogP contribution in [0.1, 0.15) is 51.0 Å². The lowest BCUT2D eigenvalue weighted by Crippen LogP contribution is -2.54. The molecule has 2 amide bonds. The molecule has 1 aliphatic heterocycles. The summed E-state index contributed by atoms with van der Waals surface area (Å²) < 4.78 is 0. The second kappa shape index (κ2) is 8.87. The van der Waals surface area contributed by atoms with Gasteiger partial charge in [-0.15, -0.1) is 0 Å². The molecule has 1 aromatic rings. The minimum atomic E-state index is -0.457. The van der Waals surface area contributed by atoms with Gasteiger partial charge < -0.3 is 16.0 Å². The van der Waals surface area contributed by atoms with Gasteiger partial charge >= 0.3 is 0 Å². The first-order chi connectivity index (χ1) is 13.0. The van der Waals surface area contributed by atoms with Gasteiger partial charge in [-0.1, -0.05) is 43.2 Å². The standard InChI is InChI=1S/C22H33N3O2/c1-22(23)12-6-5-9-19(22)21(27)24-16-20(26)25-13-10-18(11-14-25)15-17-7-3-2-4-8-17/h2-4,7-8,18-19H,5-6,9-16,23H2,1H3,(H,24,27). The highest BCUT2D eigenvalue weighted by molar-refractivity contribution is 5.86. The summed E-state index contributed by atoms with van der Waals surface area (Å²) in [5, 5.41) is 2.85. The molecule has 3 rings (SSSR count).